The first-order valence-electron chi connectivity index (χ1n) is 8.03. The van der Waals surface area contributed by atoms with Crippen LogP contribution in [-0.4, -0.2) is 35.9 Å². The SMILES string of the molecule is CC(C)NC(C)(CCCCOCC1CCCC1)C(=O)O. The van der Waals surface area contributed by atoms with Crippen molar-refractivity contribution < 1.29 is 14.6 Å². The summed E-state index contributed by atoms with van der Waals surface area (Å²) in [5.41, 5.74) is -0.820. The molecule has 1 aliphatic rings. The normalized spacial score (nSPS) is 19.4. The summed E-state index contributed by atoms with van der Waals surface area (Å²) in [6.45, 7) is 7.38. The van der Waals surface area contributed by atoms with Crippen LogP contribution in [0.5, 0.6) is 0 Å². The molecule has 0 spiro atoms. The highest BCUT2D eigenvalue weighted by atomic mass is 16.5. The second-order valence-corrected chi connectivity index (χ2v) is 6.62. The molecule has 1 fully saturated rings. The number of carboxylic acids is 1. The average molecular weight is 285 g/mol. The number of nitrogens with one attached hydrogen (secondary N) is 1. The first kappa shape index (κ1) is 17.4. The van der Waals surface area contributed by atoms with Crippen LogP contribution in [0.4, 0.5) is 0 Å². The van der Waals surface area contributed by atoms with Crippen LogP contribution in [0.25, 0.3) is 0 Å². The molecule has 1 atom stereocenters. The molecule has 118 valence electrons. The molecule has 0 radical (unpaired) electrons. The molecule has 0 saturated heterocycles. The zero-order valence-electron chi connectivity index (χ0n) is 13.3. The Morgan fingerprint density at radius 2 is 2.00 bits per heavy atom. The van der Waals surface area contributed by atoms with E-state index in [9.17, 15) is 9.90 Å². The van der Waals surface area contributed by atoms with Gasteiger partial charge in [-0.3, -0.25) is 10.1 Å². The quantitative estimate of drug-likeness (QED) is 0.605. The smallest absolute Gasteiger partial charge is 0.323 e. The molecular weight excluding hydrogens is 254 g/mol. The van der Waals surface area contributed by atoms with Crippen LogP contribution in [0.2, 0.25) is 0 Å². The number of unbranched alkanes of at least 4 members (excludes halogenated alkanes) is 1. The lowest BCUT2D eigenvalue weighted by atomic mass is 9.94. The minimum atomic E-state index is -0.820. The molecule has 1 aliphatic carbocycles. The highest BCUT2D eigenvalue weighted by Crippen LogP contribution is 2.24. The third-order valence-electron chi connectivity index (χ3n) is 4.12. The van der Waals surface area contributed by atoms with Crippen molar-refractivity contribution in [3.05, 3.63) is 0 Å². The molecule has 0 bridgehead atoms. The van der Waals surface area contributed by atoms with E-state index in [1.54, 1.807) is 6.92 Å². The molecule has 1 unspecified atom stereocenters. The molecule has 0 aromatic heterocycles. The van der Waals surface area contributed by atoms with Gasteiger partial charge in [-0.05, 0) is 58.8 Å². The molecule has 0 aromatic carbocycles. The van der Waals surface area contributed by atoms with Gasteiger partial charge in [0.05, 0.1) is 0 Å². The van der Waals surface area contributed by atoms with E-state index in [4.69, 9.17) is 4.74 Å². The van der Waals surface area contributed by atoms with Crippen molar-refractivity contribution in [1.82, 2.24) is 5.32 Å². The number of aliphatic carboxylic acids is 1. The van der Waals surface area contributed by atoms with Gasteiger partial charge in [-0.2, -0.15) is 0 Å². The zero-order chi connectivity index (χ0) is 15.0. The summed E-state index contributed by atoms with van der Waals surface area (Å²) >= 11 is 0. The maximum Gasteiger partial charge on any atom is 0.323 e. The number of hydrogen-bond donors (Lipinski definition) is 2. The van der Waals surface area contributed by atoms with Crippen molar-refractivity contribution in [1.29, 1.82) is 0 Å². The summed E-state index contributed by atoms with van der Waals surface area (Å²) in [6.07, 6.45) is 7.80. The van der Waals surface area contributed by atoms with E-state index in [2.05, 4.69) is 5.32 Å². The number of hydrogen-bond acceptors (Lipinski definition) is 3. The molecule has 4 heteroatoms. The fraction of sp³-hybridized carbons (Fsp3) is 0.938. The third kappa shape index (κ3) is 6.23. The first-order chi connectivity index (χ1) is 9.44. The Morgan fingerprint density at radius 1 is 1.35 bits per heavy atom. The second kappa shape index (κ2) is 8.63. The Hall–Kier alpha value is -0.610. The number of ether oxygens (including phenoxy) is 1. The van der Waals surface area contributed by atoms with Crippen molar-refractivity contribution in [2.75, 3.05) is 13.2 Å². The minimum absolute atomic E-state index is 0.176. The Bertz CT molecular complexity index is 287. The van der Waals surface area contributed by atoms with Crippen LogP contribution in [0.1, 0.15) is 65.7 Å². The number of rotatable bonds is 10. The van der Waals surface area contributed by atoms with E-state index in [0.717, 1.165) is 32.0 Å². The molecule has 0 amide bonds. The van der Waals surface area contributed by atoms with E-state index in [1.807, 2.05) is 13.8 Å². The standard InChI is InChI=1S/C16H31NO3/c1-13(2)17-16(3,15(18)19)10-6-7-11-20-12-14-8-4-5-9-14/h13-14,17H,4-12H2,1-3H3,(H,18,19). The fourth-order valence-corrected chi connectivity index (χ4v) is 2.99. The van der Waals surface area contributed by atoms with Crippen LogP contribution in [0, 0.1) is 5.92 Å². The lowest BCUT2D eigenvalue weighted by Crippen LogP contribution is -2.52. The molecule has 0 aliphatic heterocycles. The molecule has 2 N–H and O–H groups in total. The van der Waals surface area contributed by atoms with Crippen molar-refractivity contribution in [3.63, 3.8) is 0 Å². The van der Waals surface area contributed by atoms with Crippen molar-refractivity contribution >= 4 is 5.97 Å². The minimum Gasteiger partial charge on any atom is -0.480 e. The summed E-state index contributed by atoms with van der Waals surface area (Å²) in [5.74, 6) is -0.0000305. The summed E-state index contributed by atoms with van der Waals surface area (Å²) < 4.78 is 5.71. The largest absolute Gasteiger partial charge is 0.480 e. The molecular formula is C16H31NO3. The van der Waals surface area contributed by atoms with Crippen molar-refractivity contribution in [2.45, 2.75) is 77.3 Å². The van der Waals surface area contributed by atoms with E-state index in [-0.39, 0.29) is 6.04 Å². The predicted molar refractivity (Wildman–Crippen MR) is 80.9 cm³/mol. The van der Waals surface area contributed by atoms with Gasteiger partial charge < -0.3 is 9.84 Å². The predicted octanol–water partition coefficient (Wildman–Crippen LogP) is 3.20. The van der Waals surface area contributed by atoms with Gasteiger partial charge in [0.15, 0.2) is 0 Å². The van der Waals surface area contributed by atoms with E-state index in [1.165, 1.54) is 25.7 Å². The first-order valence-corrected chi connectivity index (χ1v) is 8.03. The Kier molecular flexibility index (Phi) is 7.52. The maximum atomic E-state index is 11.4. The maximum absolute atomic E-state index is 11.4. The lowest BCUT2D eigenvalue weighted by molar-refractivity contribution is -0.144. The van der Waals surface area contributed by atoms with Crippen LogP contribution < -0.4 is 5.32 Å². The molecule has 0 aromatic rings. The molecule has 1 saturated carbocycles. The van der Waals surface area contributed by atoms with Gasteiger partial charge in [-0.25, -0.2) is 0 Å². The zero-order valence-corrected chi connectivity index (χ0v) is 13.3. The van der Waals surface area contributed by atoms with Gasteiger partial charge in [-0.15, -0.1) is 0 Å². The van der Waals surface area contributed by atoms with Gasteiger partial charge in [-0.1, -0.05) is 12.8 Å². The summed E-state index contributed by atoms with van der Waals surface area (Å²) in [5, 5.41) is 12.5. The molecule has 0 heterocycles. The van der Waals surface area contributed by atoms with Gasteiger partial charge >= 0.3 is 5.97 Å². The third-order valence-corrected chi connectivity index (χ3v) is 4.12. The number of carboxylic acid groups (broad SMARTS) is 1. The summed E-state index contributed by atoms with van der Waals surface area (Å²) in [7, 11) is 0. The topological polar surface area (TPSA) is 58.6 Å². The van der Waals surface area contributed by atoms with Crippen molar-refractivity contribution in [3.8, 4) is 0 Å². The Labute approximate surface area is 123 Å². The fourth-order valence-electron chi connectivity index (χ4n) is 2.99. The Morgan fingerprint density at radius 3 is 2.55 bits per heavy atom. The monoisotopic (exact) mass is 285 g/mol. The highest BCUT2D eigenvalue weighted by molar-refractivity contribution is 5.78. The highest BCUT2D eigenvalue weighted by Gasteiger charge is 2.32. The van der Waals surface area contributed by atoms with Gasteiger partial charge in [0.1, 0.15) is 5.54 Å². The van der Waals surface area contributed by atoms with Crippen LogP contribution in [-0.2, 0) is 9.53 Å². The second-order valence-electron chi connectivity index (χ2n) is 6.62. The van der Waals surface area contributed by atoms with Crippen molar-refractivity contribution in [2.24, 2.45) is 5.92 Å². The van der Waals surface area contributed by atoms with E-state index >= 15 is 0 Å². The molecule has 20 heavy (non-hydrogen) atoms. The van der Waals surface area contributed by atoms with E-state index in [0.29, 0.717) is 6.42 Å². The molecule has 1 rings (SSSR count). The van der Waals surface area contributed by atoms with Gasteiger partial charge in [0.2, 0.25) is 0 Å². The number of carbonyl (C=O) groups is 1. The average Bonchev–Trinajstić information content (AvgIpc) is 2.85. The summed E-state index contributed by atoms with van der Waals surface area (Å²) in [4.78, 5) is 11.4. The summed E-state index contributed by atoms with van der Waals surface area (Å²) in [6, 6.07) is 0.176. The van der Waals surface area contributed by atoms with Crippen LogP contribution in [0.15, 0.2) is 0 Å². The van der Waals surface area contributed by atoms with E-state index < -0.39 is 11.5 Å². The van der Waals surface area contributed by atoms with Crippen LogP contribution >= 0.6 is 0 Å². The van der Waals surface area contributed by atoms with Gasteiger partial charge in [0.25, 0.3) is 0 Å². The molecule has 4 nitrogen and oxygen atoms in total. The van der Waals surface area contributed by atoms with Gasteiger partial charge in [0, 0.05) is 19.3 Å². The van der Waals surface area contributed by atoms with Crippen LogP contribution in [0.3, 0.4) is 0 Å². The Balaban J connectivity index is 2.12. The lowest BCUT2D eigenvalue weighted by Gasteiger charge is -2.28.